The van der Waals surface area contributed by atoms with Crippen LogP contribution in [0.25, 0.3) is 21.5 Å². The molecule has 0 radical (unpaired) electrons. The molecule has 0 heterocycles. The van der Waals surface area contributed by atoms with Gasteiger partial charge in [0.05, 0.1) is 5.56 Å². The average molecular weight is 334 g/mol. The highest BCUT2D eigenvalue weighted by Crippen LogP contribution is 2.35. The number of benzene rings is 3. The van der Waals surface area contributed by atoms with Crippen LogP contribution in [-0.2, 0) is 0 Å². The van der Waals surface area contributed by atoms with E-state index in [1.54, 1.807) is 24.3 Å². The van der Waals surface area contributed by atoms with Crippen molar-refractivity contribution in [2.75, 3.05) is 0 Å². The minimum Gasteiger partial charge on any atom is -0.478 e. The summed E-state index contributed by atoms with van der Waals surface area (Å²) in [4.78, 5) is 57.9. The van der Waals surface area contributed by atoms with E-state index in [9.17, 15) is 29.1 Å². The molecule has 0 amide bonds. The average Bonchev–Trinajstić information content (AvgIpc) is 2.63. The topological polar surface area (TPSA) is 106 Å². The monoisotopic (exact) mass is 334 g/mol. The van der Waals surface area contributed by atoms with E-state index in [0.717, 1.165) is 0 Å². The third-order valence-electron chi connectivity index (χ3n) is 4.16. The normalized spacial score (nSPS) is 10.6. The molecule has 1 N–H and O–H groups in total. The fourth-order valence-electron chi connectivity index (χ4n) is 3.14. The molecule has 0 saturated heterocycles. The minimum absolute atomic E-state index is 0.0315. The Kier molecular flexibility index (Phi) is 3.94. The number of hydrogen-bond donors (Lipinski definition) is 1. The second-order valence-corrected chi connectivity index (χ2v) is 5.33. The van der Waals surface area contributed by atoms with E-state index in [1.807, 2.05) is 0 Å². The summed E-state index contributed by atoms with van der Waals surface area (Å²) >= 11 is 0. The van der Waals surface area contributed by atoms with Crippen molar-refractivity contribution in [1.82, 2.24) is 0 Å². The van der Waals surface area contributed by atoms with Gasteiger partial charge in [0.25, 0.3) is 0 Å². The van der Waals surface area contributed by atoms with Gasteiger partial charge in [-0.25, -0.2) is 4.79 Å². The van der Waals surface area contributed by atoms with E-state index in [0.29, 0.717) is 29.6 Å². The van der Waals surface area contributed by atoms with Crippen LogP contribution in [0.1, 0.15) is 51.8 Å². The highest BCUT2D eigenvalue weighted by Gasteiger charge is 2.24. The summed E-state index contributed by atoms with van der Waals surface area (Å²) in [6.07, 6.45) is 1.30. The van der Waals surface area contributed by atoms with E-state index in [1.165, 1.54) is 6.07 Å². The number of aromatic carboxylic acids is 1. The lowest BCUT2D eigenvalue weighted by Gasteiger charge is -2.15. The van der Waals surface area contributed by atoms with Crippen LogP contribution < -0.4 is 0 Å². The van der Waals surface area contributed by atoms with Gasteiger partial charge in [-0.1, -0.05) is 24.3 Å². The molecule has 0 atom stereocenters. The lowest BCUT2D eigenvalue weighted by atomic mass is 9.86. The molecule has 0 spiro atoms. The molecule has 122 valence electrons. The van der Waals surface area contributed by atoms with E-state index >= 15 is 0 Å². The Hall–Kier alpha value is -3.67. The van der Waals surface area contributed by atoms with Crippen LogP contribution in [0.3, 0.4) is 0 Å². The number of carboxylic acid groups (broad SMARTS) is 1. The van der Waals surface area contributed by atoms with Crippen molar-refractivity contribution in [2.45, 2.75) is 0 Å². The summed E-state index contributed by atoms with van der Waals surface area (Å²) in [6, 6.07) is 8.10. The maximum Gasteiger partial charge on any atom is 0.336 e. The number of hydrogen-bond acceptors (Lipinski definition) is 5. The maximum absolute atomic E-state index is 11.9. The van der Waals surface area contributed by atoms with Crippen LogP contribution in [0.4, 0.5) is 0 Å². The molecule has 3 aromatic carbocycles. The van der Waals surface area contributed by atoms with Crippen molar-refractivity contribution in [3.05, 3.63) is 58.1 Å². The number of aldehydes is 4. The first-order valence-corrected chi connectivity index (χ1v) is 7.18. The summed E-state index contributed by atoms with van der Waals surface area (Å²) in [6.45, 7) is 0. The van der Waals surface area contributed by atoms with Crippen LogP contribution in [0.5, 0.6) is 0 Å². The maximum atomic E-state index is 11.9. The van der Waals surface area contributed by atoms with E-state index in [-0.39, 0.29) is 44.9 Å². The predicted octanol–water partition coefficient (Wildman–Crippen LogP) is 2.94. The van der Waals surface area contributed by atoms with Crippen LogP contribution in [0, 0.1) is 0 Å². The smallest absolute Gasteiger partial charge is 0.336 e. The summed E-state index contributed by atoms with van der Waals surface area (Å²) in [7, 11) is 0. The first-order chi connectivity index (χ1) is 12.1. The molecule has 0 aromatic heterocycles. The largest absolute Gasteiger partial charge is 0.478 e. The summed E-state index contributed by atoms with van der Waals surface area (Å²) in [5.74, 6) is -1.31. The van der Waals surface area contributed by atoms with Crippen molar-refractivity contribution >= 4 is 52.7 Å². The fourth-order valence-corrected chi connectivity index (χ4v) is 3.14. The van der Waals surface area contributed by atoms with Crippen LogP contribution in [0.2, 0.25) is 0 Å². The molecule has 25 heavy (non-hydrogen) atoms. The van der Waals surface area contributed by atoms with E-state index in [2.05, 4.69) is 0 Å². The summed E-state index contributed by atoms with van der Waals surface area (Å²) in [5.41, 5.74) is -1.06. The first kappa shape index (κ1) is 16.2. The number of carboxylic acids is 1. The molecular formula is C19H10O6. The molecule has 3 rings (SSSR count). The molecule has 0 fully saturated rings. The molecule has 0 aliphatic rings. The third-order valence-corrected chi connectivity index (χ3v) is 4.16. The SMILES string of the molecule is O=Cc1c(C=O)c(C=O)c2c(C(=O)O)c3ccccc3cc2c1C=O. The van der Waals surface area contributed by atoms with Crippen LogP contribution in [-0.4, -0.2) is 36.2 Å². The molecule has 3 aromatic rings. The highest BCUT2D eigenvalue weighted by atomic mass is 16.4. The van der Waals surface area contributed by atoms with Gasteiger partial charge in [-0.2, -0.15) is 0 Å². The zero-order chi connectivity index (χ0) is 18.1. The van der Waals surface area contributed by atoms with Gasteiger partial charge >= 0.3 is 5.97 Å². The van der Waals surface area contributed by atoms with Gasteiger partial charge < -0.3 is 5.11 Å². The van der Waals surface area contributed by atoms with Crippen LogP contribution in [0.15, 0.2) is 30.3 Å². The quantitative estimate of drug-likeness (QED) is 0.568. The van der Waals surface area contributed by atoms with Gasteiger partial charge in [-0.05, 0) is 22.2 Å². The second-order valence-electron chi connectivity index (χ2n) is 5.33. The van der Waals surface area contributed by atoms with Crippen molar-refractivity contribution in [2.24, 2.45) is 0 Å². The van der Waals surface area contributed by atoms with Crippen molar-refractivity contribution in [1.29, 1.82) is 0 Å². The second kappa shape index (κ2) is 6.09. The zero-order valence-corrected chi connectivity index (χ0v) is 12.7. The molecule has 0 unspecified atom stereocenters. The lowest BCUT2D eigenvalue weighted by Crippen LogP contribution is -2.09. The molecule has 0 saturated carbocycles. The third kappa shape index (κ3) is 2.23. The number of fused-ring (bicyclic) bond motifs is 2. The Bertz CT molecular complexity index is 1090. The number of carbonyl (C=O) groups excluding carboxylic acids is 4. The standard InChI is InChI=1S/C19H10O6/c20-6-13-12-5-10-3-1-2-4-11(10)18(19(24)25)17(12)16(9-23)15(8-22)14(13)7-21/h1-9H,(H,24,25). The Labute approximate surface area is 140 Å². The molecule has 0 aliphatic carbocycles. The predicted molar refractivity (Wildman–Crippen MR) is 90.0 cm³/mol. The first-order valence-electron chi connectivity index (χ1n) is 7.18. The molecule has 6 heteroatoms. The Balaban J connectivity index is 2.80. The Morgan fingerprint density at radius 2 is 1.32 bits per heavy atom. The van der Waals surface area contributed by atoms with E-state index in [4.69, 9.17) is 0 Å². The molecule has 0 aliphatic heterocycles. The van der Waals surface area contributed by atoms with Crippen LogP contribution >= 0.6 is 0 Å². The van der Waals surface area contributed by atoms with E-state index < -0.39 is 5.97 Å². The van der Waals surface area contributed by atoms with Gasteiger partial charge in [0.2, 0.25) is 0 Å². The number of rotatable bonds is 5. The summed E-state index contributed by atoms with van der Waals surface area (Å²) in [5, 5.41) is 10.7. The Morgan fingerprint density at radius 1 is 0.760 bits per heavy atom. The number of carbonyl (C=O) groups is 5. The lowest BCUT2D eigenvalue weighted by molar-refractivity contribution is 0.0700. The van der Waals surface area contributed by atoms with Gasteiger partial charge in [0.15, 0.2) is 25.1 Å². The van der Waals surface area contributed by atoms with Gasteiger partial charge in [-0.3, -0.25) is 19.2 Å². The molecule has 6 nitrogen and oxygen atoms in total. The van der Waals surface area contributed by atoms with Crippen molar-refractivity contribution in [3.8, 4) is 0 Å². The van der Waals surface area contributed by atoms with Crippen molar-refractivity contribution < 1.29 is 29.1 Å². The van der Waals surface area contributed by atoms with Gasteiger partial charge in [0.1, 0.15) is 0 Å². The highest BCUT2D eigenvalue weighted by molar-refractivity contribution is 6.25. The molecular weight excluding hydrogens is 324 g/mol. The fraction of sp³-hybridized carbons (Fsp3) is 0. The van der Waals surface area contributed by atoms with Crippen molar-refractivity contribution in [3.63, 3.8) is 0 Å². The Morgan fingerprint density at radius 3 is 1.88 bits per heavy atom. The van der Waals surface area contributed by atoms with Gasteiger partial charge in [0, 0.05) is 27.6 Å². The zero-order valence-electron chi connectivity index (χ0n) is 12.7. The summed E-state index contributed by atoms with van der Waals surface area (Å²) < 4.78 is 0. The van der Waals surface area contributed by atoms with Gasteiger partial charge in [-0.15, -0.1) is 0 Å². The minimum atomic E-state index is -1.31. The molecule has 0 bridgehead atoms.